The molecule has 0 aliphatic heterocycles. The van der Waals surface area contributed by atoms with E-state index in [0.717, 1.165) is 64.2 Å². The van der Waals surface area contributed by atoms with Gasteiger partial charge in [-0.05, 0) is 57.8 Å². The van der Waals surface area contributed by atoms with Crippen LogP contribution in [-0.4, -0.2) is 47.4 Å². The molecule has 0 saturated carbocycles. The molecule has 0 aliphatic carbocycles. The summed E-state index contributed by atoms with van der Waals surface area (Å²) in [5.74, 6) is -0.0615. The van der Waals surface area contributed by atoms with Crippen molar-refractivity contribution in [2.24, 2.45) is 0 Å². The lowest BCUT2D eigenvalue weighted by atomic mass is 10.0. The van der Waals surface area contributed by atoms with Gasteiger partial charge in [0, 0.05) is 12.8 Å². The molecule has 0 aromatic rings. The lowest BCUT2D eigenvalue weighted by Gasteiger charge is -2.22. The molecular weight excluding hydrogens is 791 g/mol. The van der Waals surface area contributed by atoms with Crippen LogP contribution in [0.25, 0.3) is 0 Å². The van der Waals surface area contributed by atoms with Gasteiger partial charge >= 0.3 is 5.97 Å². The molecule has 0 rings (SSSR count). The highest BCUT2D eigenvalue weighted by molar-refractivity contribution is 5.76. The average molecular weight is 903 g/mol. The van der Waals surface area contributed by atoms with Crippen molar-refractivity contribution in [3.63, 3.8) is 0 Å². The van der Waals surface area contributed by atoms with E-state index in [1.54, 1.807) is 0 Å². The van der Waals surface area contributed by atoms with Gasteiger partial charge in [0.05, 0.1) is 25.4 Å². The SMILES string of the molecule is CCCCC/C=C\C/C=C\CCCCCCCCCCCC(=O)OCCCCCCCCCCCCCCC(=O)NC(CO)C(O)CCCCCCCCCCCCCCCCCC. The molecular formula is C58H111NO5. The number of ether oxygens (including phenoxy) is 1. The van der Waals surface area contributed by atoms with Crippen LogP contribution in [0.5, 0.6) is 0 Å². The molecule has 0 fully saturated rings. The van der Waals surface area contributed by atoms with Gasteiger partial charge in [0.25, 0.3) is 0 Å². The maximum Gasteiger partial charge on any atom is 0.305 e. The number of hydrogen-bond acceptors (Lipinski definition) is 5. The van der Waals surface area contributed by atoms with E-state index >= 15 is 0 Å². The lowest BCUT2D eigenvalue weighted by molar-refractivity contribution is -0.143. The minimum absolute atomic E-state index is 0.0125. The quantitative estimate of drug-likeness (QED) is 0.0321. The Bertz CT molecular complexity index is 997. The smallest absolute Gasteiger partial charge is 0.305 e. The van der Waals surface area contributed by atoms with E-state index in [1.165, 1.54) is 212 Å². The molecule has 0 heterocycles. The molecule has 0 bridgehead atoms. The Morgan fingerprint density at radius 1 is 0.438 bits per heavy atom. The van der Waals surface area contributed by atoms with Crippen molar-refractivity contribution in [1.29, 1.82) is 0 Å². The normalized spacial score (nSPS) is 12.8. The summed E-state index contributed by atoms with van der Waals surface area (Å²) in [7, 11) is 0. The van der Waals surface area contributed by atoms with Gasteiger partial charge in [0.15, 0.2) is 0 Å². The third kappa shape index (κ3) is 49.8. The Balaban J connectivity index is 3.44. The van der Waals surface area contributed by atoms with Gasteiger partial charge in [-0.25, -0.2) is 0 Å². The zero-order chi connectivity index (χ0) is 46.5. The fraction of sp³-hybridized carbons (Fsp3) is 0.897. The van der Waals surface area contributed by atoms with Gasteiger partial charge in [0.2, 0.25) is 5.91 Å². The number of carbonyl (C=O) groups excluding carboxylic acids is 2. The van der Waals surface area contributed by atoms with Crippen molar-refractivity contribution in [3.8, 4) is 0 Å². The largest absolute Gasteiger partial charge is 0.466 e. The Morgan fingerprint density at radius 3 is 1.22 bits per heavy atom. The summed E-state index contributed by atoms with van der Waals surface area (Å²) in [6, 6.07) is -0.553. The molecule has 378 valence electrons. The molecule has 2 unspecified atom stereocenters. The van der Waals surface area contributed by atoms with Crippen LogP contribution in [0.3, 0.4) is 0 Å². The average Bonchev–Trinajstić information content (AvgIpc) is 3.29. The van der Waals surface area contributed by atoms with Crippen molar-refractivity contribution in [3.05, 3.63) is 24.3 Å². The summed E-state index contributed by atoms with van der Waals surface area (Å²) in [6.07, 6.45) is 64.4. The van der Waals surface area contributed by atoms with Crippen LogP contribution in [0.2, 0.25) is 0 Å². The van der Waals surface area contributed by atoms with Crippen LogP contribution in [0, 0.1) is 0 Å². The van der Waals surface area contributed by atoms with Crippen molar-refractivity contribution >= 4 is 11.9 Å². The second-order valence-electron chi connectivity index (χ2n) is 19.6. The summed E-state index contributed by atoms with van der Waals surface area (Å²) >= 11 is 0. The zero-order valence-corrected chi connectivity index (χ0v) is 43.0. The number of aliphatic hydroxyl groups is 2. The molecule has 1 amide bonds. The molecule has 6 nitrogen and oxygen atoms in total. The molecule has 2 atom stereocenters. The number of rotatable bonds is 53. The van der Waals surface area contributed by atoms with Gasteiger partial charge in [-0.2, -0.15) is 0 Å². The minimum atomic E-state index is -0.675. The van der Waals surface area contributed by atoms with Crippen molar-refractivity contribution < 1.29 is 24.5 Å². The predicted molar refractivity (Wildman–Crippen MR) is 278 cm³/mol. The highest BCUT2D eigenvalue weighted by Crippen LogP contribution is 2.17. The Labute approximate surface area is 399 Å². The maximum absolute atomic E-state index is 12.5. The van der Waals surface area contributed by atoms with Crippen LogP contribution in [0.4, 0.5) is 0 Å². The fourth-order valence-corrected chi connectivity index (χ4v) is 8.85. The van der Waals surface area contributed by atoms with Gasteiger partial charge in [-0.3, -0.25) is 9.59 Å². The zero-order valence-electron chi connectivity index (χ0n) is 43.0. The van der Waals surface area contributed by atoms with Gasteiger partial charge in [-0.1, -0.05) is 263 Å². The van der Waals surface area contributed by atoms with Crippen LogP contribution < -0.4 is 5.32 Å². The van der Waals surface area contributed by atoms with Crippen molar-refractivity contribution in [1.82, 2.24) is 5.32 Å². The Kier molecular flexibility index (Phi) is 52.6. The summed E-state index contributed by atoms with van der Waals surface area (Å²) in [4.78, 5) is 24.6. The fourth-order valence-electron chi connectivity index (χ4n) is 8.85. The second kappa shape index (κ2) is 54.0. The number of amides is 1. The summed E-state index contributed by atoms with van der Waals surface area (Å²) in [5.41, 5.74) is 0. The number of nitrogens with one attached hydrogen (secondary N) is 1. The molecule has 0 saturated heterocycles. The standard InChI is InChI=1S/C58H111NO5/c1-3-5-7-9-11-13-15-17-19-21-22-23-25-27-32-36-40-44-48-52-58(63)64-53-49-45-41-37-33-29-28-31-35-39-43-47-51-57(62)59-55(54-60)56(61)50-46-42-38-34-30-26-24-20-18-16-14-12-10-8-6-4-2/h11,13,17,19,55-56,60-61H,3-10,12,14-16,18,20-54H2,1-2H3,(H,59,62)/b13-11-,19-17-. The maximum atomic E-state index is 12.5. The number of allylic oxidation sites excluding steroid dienone is 4. The van der Waals surface area contributed by atoms with Crippen LogP contribution in [-0.2, 0) is 14.3 Å². The highest BCUT2D eigenvalue weighted by atomic mass is 16.5. The molecule has 3 N–H and O–H groups in total. The first kappa shape index (κ1) is 62.3. The monoisotopic (exact) mass is 902 g/mol. The molecule has 0 radical (unpaired) electrons. The summed E-state index contributed by atoms with van der Waals surface area (Å²) < 4.78 is 5.48. The molecule has 0 aromatic carbocycles. The molecule has 64 heavy (non-hydrogen) atoms. The first-order valence-corrected chi connectivity index (χ1v) is 28.6. The van der Waals surface area contributed by atoms with Gasteiger partial charge < -0.3 is 20.3 Å². The third-order valence-corrected chi connectivity index (χ3v) is 13.3. The lowest BCUT2D eigenvalue weighted by Crippen LogP contribution is -2.45. The highest BCUT2D eigenvalue weighted by Gasteiger charge is 2.20. The first-order valence-electron chi connectivity index (χ1n) is 28.6. The minimum Gasteiger partial charge on any atom is -0.466 e. The third-order valence-electron chi connectivity index (χ3n) is 13.3. The van der Waals surface area contributed by atoms with E-state index in [2.05, 4.69) is 43.5 Å². The molecule has 0 spiro atoms. The number of carbonyl (C=O) groups is 2. The van der Waals surface area contributed by atoms with Crippen molar-refractivity contribution in [2.45, 2.75) is 321 Å². The second-order valence-corrected chi connectivity index (χ2v) is 19.6. The van der Waals surface area contributed by atoms with Crippen LogP contribution >= 0.6 is 0 Å². The van der Waals surface area contributed by atoms with E-state index in [-0.39, 0.29) is 18.5 Å². The Morgan fingerprint density at radius 2 is 0.781 bits per heavy atom. The molecule has 0 aromatic heterocycles. The number of unbranched alkanes of at least 4 members (excludes halogenated alkanes) is 38. The summed E-state index contributed by atoms with van der Waals surface area (Å²) in [6.45, 7) is 4.91. The predicted octanol–water partition coefficient (Wildman–Crippen LogP) is 17.5. The van der Waals surface area contributed by atoms with E-state index in [0.29, 0.717) is 25.9 Å². The number of aliphatic hydroxyl groups excluding tert-OH is 2. The van der Waals surface area contributed by atoms with Crippen LogP contribution in [0.1, 0.15) is 309 Å². The topological polar surface area (TPSA) is 95.9 Å². The summed E-state index contributed by atoms with van der Waals surface area (Å²) in [5, 5.41) is 23.3. The molecule has 0 aliphatic rings. The van der Waals surface area contributed by atoms with E-state index in [9.17, 15) is 19.8 Å². The van der Waals surface area contributed by atoms with Gasteiger partial charge in [-0.15, -0.1) is 0 Å². The number of hydrogen-bond donors (Lipinski definition) is 3. The Hall–Kier alpha value is -1.66. The molecule has 6 heteroatoms. The van der Waals surface area contributed by atoms with Crippen molar-refractivity contribution in [2.75, 3.05) is 13.2 Å². The van der Waals surface area contributed by atoms with E-state index < -0.39 is 12.1 Å². The van der Waals surface area contributed by atoms with E-state index in [4.69, 9.17) is 4.74 Å². The van der Waals surface area contributed by atoms with Crippen LogP contribution in [0.15, 0.2) is 24.3 Å². The van der Waals surface area contributed by atoms with E-state index in [1.807, 2.05) is 0 Å². The number of esters is 1. The first-order chi connectivity index (χ1) is 31.5. The van der Waals surface area contributed by atoms with Gasteiger partial charge in [0.1, 0.15) is 0 Å².